The number of carbonyl (C=O) groups excluding carboxylic acids is 1. The van der Waals surface area contributed by atoms with Crippen molar-refractivity contribution in [3.05, 3.63) is 54.7 Å². The summed E-state index contributed by atoms with van der Waals surface area (Å²) in [5.74, 6) is 1.66. The lowest BCUT2D eigenvalue weighted by Gasteiger charge is -2.35. The molecule has 0 spiro atoms. The highest BCUT2D eigenvalue weighted by Gasteiger charge is 2.23. The molecule has 2 amide bonds. The first-order valence-electron chi connectivity index (χ1n) is 10.7. The molecule has 2 aromatic carbocycles. The number of fused-ring (bicyclic) bond motifs is 1. The molecule has 1 N–H and O–H groups in total. The maximum absolute atomic E-state index is 12.8. The summed E-state index contributed by atoms with van der Waals surface area (Å²) >= 11 is 0. The van der Waals surface area contributed by atoms with Crippen molar-refractivity contribution in [2.45, 2.75) is 0 Å². The summed E-state index contributed by atoms with van der Waals surface area (Å²) in [6.45, 7) is 5.82. The Labute approximate surface area is 181 Å². The Balaban J connectivity index is 1.19. The van der Waals surface area contributed by atoms with Gasteiger partial charge in [-0.25, -0.2) is 9.78 Å². The molecule has 0 aliphatic carbocycles. The quantitative estimate of drug-likeness (QED) is 0.705. The fourth-order valence-corrected chi connectivity index (χ4v) is 4.04. The van der Waals surface area contributed by atoms with E-state index in [9.17, 15) is 4.79 Å². The van der Waals surface area contributed by atoms with Gasteiger partial charge in [0.15, 0.2) is 0 Å². The van der Waals surface area contributed by atoms with E-state index in [1.807, 2.05) is 47.5 Å². The largest absolute Gasteiger partial charge is 0.378 e. The number of hydrogen-bond donors (Lipinski definition) is 1. The first kappa shape index (κ1) is 19.6. The highest BCUT2D eigenvalue weighted by molar-refractivity contribution is 5.93. The molecule has 1 aromatic heterocycles. The second-order valence-electron chi connectivity index (χ2n) is 7.78. The van der Waals surface area contributed by atoms with Crippen LogP contribution in [0.25, 0.3) is 10.8 Å². The van der Waals surface area contributed by atoms with E-state index in [2.05, 4.69) is 32.2 Å². The number of ether oxygens (including phenoxy) is 1. The number of anilines is 3. The molecular weight excluding hydrogens is 392 g/mol. The van der Waals surface area contributed by atoms with E-state index in [-0.39, 0.29) is 6.03 Å². The lowest BCUT2D eigenvalue weighted by Crippen LogP contribution is -2.50. The molecule has 2 aliphatic heterocycles. The number of urea groups is 1. The Morgan fingerprint density at radius 1 is 0.871 bits per heavy atom. The van der Waals surface area contributed by atoms with E-state index < -0.39 is 0 Å². The second-order valence-corrected chi connectivity index (χ2v) is 7.78. The van der Waals surface area contributed by atoms with E-state index in [1.54, 1.807) is 0 Å². The monoisotopic (exact) mass is 418 g/mol. The molecule has 8 heteroatoms. The van der Waals surface area contributed by atoms with Gasteiger partial charge in [0.05, 0.1) is 13.2 Å². The number of piperazine rings is 1. The van der Waals surface area contributed by atoms with Gasteiger partial charge >= 0.3 is 6.03 Å². The molecule has 2 aliphatic rings. The number of nitrogens with zero attached hydrogens (tertiary/aromatic N) is 5. The van der Waals surface area contributed by atoms with Crippen LogP contribution in [0.1, 0.15) is 0 Å². The van der Waals surface area contributed by atoms with Crippen molar-refractivity contribution in [1.29, 1.82) is 0 Å². The average Bonchev–Trinajstić information content (AvgIpc) is 2.85. The summed E-state index contributed by atoms with van der Waals surface area (Å²) in [5.41, 5.74) is 0.817. The lowest BCUT2D eigenvalue weighted by atomic mass is 10.1. The molecule has 2 fully saturated rings. The van der Waals surface area contributed by atoms with Gasteiger partial charge in [-0.3, -0.25) is 0 Å². The summed E-state index contributed by atoms with van der Waals surface area (Å²) in [6.07, 6.45) is 1.81. The number of aromatic nitrogens is 2. The van der Waals surface area contributed by atoms with Crippen molar-refractivity contribution >= 4 is 34.3 Å². The zero-order chi connectivity index (χ0) is 21.0. The van der Waals surface area contributed by atoms with Crippen LogP contribution in [0.15, 0.2) is 54.7 Å². The fraction of sp³-hybridized carbons (Fsp3) is 0.348. The van der Waals surface area contributed by atoms with E-state index >= 15 is 0 Å². The second kappa shape index (κ2) is 8.77. The van der Waals surface area contributed by atoms with Gasteiger partial charge in [-0.15, -0.1) is 0 Å². The van der Waals surface area contributed by atoms with E-state index in [4.69, 9.17) is 9.72 Å². The molecule has 0 unspecified atom stereocenters. The van der Waals surface area contributed by atoms with Crippen LogP contribution >= 0.6 is 0 Å². The topological polar surface area (TPSA) is 73.8 Å². The van der Waals surface area contributed by atoms with Crippen LogP contribution in [0.5, 0.6) is 0 Å². The average molecular weight is 419 g/mol. The number of morpholine rings is 1. The normalized spacial score (nSPS) is 17.1. The number of rotatable bonds is 3. The first-order valence-corrected chi connectivity index (χ1v) is 10.7. The third-order valence-corrected chi connectivity index (χ3v) is 5.81. The highest BCUT2D eigenvalue weighted by atomic mass is 16.5. The van der Waals surface area contributed by atoms with Crippen molar-refractivity contribution in [2.24, 2.45) is 0 Å². The summed E-state index contributed by atoms with van der Waals surface area (Å²) < 4.78 is 5.41. The standard InChI is InChI=1S/C23H26N6O2/c30-23(25-20-6-5-18-3-1-2-4-19(18)17-20)29-11-9-27(10-12-29)21-7-8-24-22(26-21)28-13-15-31-16-14-28/h1-8,17H,9-16H2,(H,25,30). The summed E-state index contributed by atoms with van der Waals surface area (Å²) in [4.78, 5) is 28.2. The number of amides is 2. The van der Waals surface area contributed by atoms with Crippen molar-refractivity contribution in [2.75, 3.05) is 67.6 Å². The van der Waals surface area contributed by atoms with Crippen molar-refractivity contribution < 1.29 is 9.53 Å². The van der Waals surface area contributed by atoms with Crippen LogP contribution < -0.4 is 15.1 Å². The van der Waals surface area contributed by atoms with Gasteiger partial charge in [0, 0.05) is 51.2 Å². The van der Waals surface area contributed by atoms with E-state index in [1.165, 1.54) is 0 Å². The molecular formula is C23H26N6O2. The molecule has 3 aromatic rings. The van der Waals surface area contributed by atoms with Crippen molar-refractivity contribution in [3.8, 4) is 0 Å². The van der Waals surface area contributed by atoms with Crippen molar-refractivity contribution in [3.63, 3.8) is 0 Å². The molecule has 0 radical (unpaired) electrons. The Morgan fingerprint density at radius 2 is 1.65 bits per heavy atom. The maximum atomic E-state index is 12.8. The number of benzene rings is 2. The first-order chi connectivity index (χ1) is 15.3. The minimum absolute atomic E-state index is 0.0633. The van der Waals surface area contributed by atoms with Crippen LogP contribution in [0.2, 0.25) is 0 Å². The minimum atomic E-state index is -0.0633. The lowest BCUT2D eigenvalue weighted by molar-refractivity contribution is 0.122. The predicted octanol–water partition coefficient (Wildman–Crippen LogP) is 2.82. The maximum Gasteiger partial charge on any atom is 0.321 e. The van der Waals surface area contributed by atoms with Gasteiger partial charge in [0.2, 0.25) is 5.95 Å². The molecule has 0 saturated carbocycles. The number of carbonyl (C=O) groups is 1. The third-order valence-electron chi connectivity index (χ3n) is 5.81. The number of hydrogen-bond acceptors (Lipinski definition) is 6. The molecule has 2 saturated heterocycles. The van der Waals surface area contributed by atoms with E-state index in [0.29, 0.717) is 26.3 Å². The molecule has 160 valence electrons. The zero-order valence-electron chi connectivity index (χ0n) is 17.4. The molecule has 31 heavy (non-hydrogen) atoms. The van der Waals surface area contributed by atoms with Crippen LogP contribution in [0.3, 0.4) is 0 Å². The van der Waals surface area contributed by atoms with Crippen LogP contribution in [-0.4, -0.2) is 73.4 Å². The molecule has 8 nitrogen and oxygen atoms in total. The molecule has 3 heterocycles. The van der Waals surface area contributed by atoms with Crippen LogP contribution in [0, 0.1) is 0 Å². The third kappa shape index (κ3) is 4.39. The Bertz CT molecular complexity index is 1060. The van der Waals surface area contributed by atoms with Crippen molar-refractivity contribution in [1.82, 2.24) is 14.9 Å². The van der Waals surface area contributed by atoms with Gasteiger partial charge in [-0.2, -0.15) is 4.98 Å². The van der Waals surface area contributed by atoms with E-state index in [0.717, 1.165) is 54.4 Å². The molecule has 5 rings (SSSR count). The van der Waals surface area contributed by atoms with Gasteiger partial charge in [0.1, 0.15) is 5.82 Å². The smallest absolute Gasteiger partial charge is 0.321 e. The SMILES string of the molecule is O=C(Nc1ccc2ccccc2c1)N1CCN(c2ccnc(N3CCOCC3)n2)CC1. The fourth-order valence-electron chi connectivity index (χ4n) is 4.04. The molecule has 0 atom stereocenters. The van der Waals surface area contributed by atoms with Crippen LogP contribution in [0.4, 0.5) is 22.2 Å². The van der Waals surface area contributed by atoms with Gasteiger partial charge < -0.3 is 24.8 Å². The Hall–Kier alpha value is -3.39. The molecule has 0 bridgehead atoms. The number of nitrogens with one attached hydrogen (secondary N) is 1. The Morgan fingerprint density at radius 3 is 2.45 bits per heavy atom. The minimum Gasteiger partial charge on any atom is -0.378 e. The highest BCUT2D eigenvalue weighted by Crippen LogP contribution is 2.21. The van der Waals surface area contributed by atoms with Gasteiger partial charge in [0.25, 0.3) is 0 Å². The summed E-state index contributed by atoms with van der Waals surface area (Å²) in [5, 5.41) is 5.31. The Kier molecular flexibility index (Phi) is 5.54. The van der Waals surface area contributed by atoms with Gasteiger partial charge in [-0.1, -0.05) is 30.3 Å². The predicted molar refractivity (Wildman–Crippen MR) is 122 cm³/mol. The summed E-state index contributed by atoms with van der Waals surface area (Å²) in [7, 11) is 0. The summed E-state index contributed by atoms with van der Waals surface area (Å²) in [6, 6.07) is 16.0. The van der Waals surface area contributed by atoms with Gasteiger partial charge in [-0.05, 0) is 29.0 Å². The zero-order valence-corrected chi connectivity index (χ0v) is 17.4. The van der Waals surface area contributed by atoms with Crippen LogP contribution in [-0.2, 0) is 4.74 Å².